The van der Waals surface area contributed by atoms with E-state index in [-0.39, 0.29) is 10.6 Å². The van der Waals surface area contributed by atoms with Crippen LogP contribution in [0.2, 0.25) is 0 Å². The maximum absolute atomic E-state index is 11.3. The molecular weight excluding hydrogens is 344 g/mol. The third-order valence-corrected chi connectivity index (χ3v) is 3.87. The minimum Gasteiger partial charge on any atom is -0.331 e. The number of nitro groups is 1. The molecule has 0 fully saturated rings. The van der Waals surface area contributed by atoms with E-state index < -0.39 is 0 Å². The molecule has 0 aliphatic heterocycles. The van der Waals surface area contributed by atoms with E-state index in [2.05, 4.69) is 22.0 Å². The molecule has 0 radical (unpaired) electrons. The lowest BCUT2D eigenvalue weighted by molar-refractivity contribution is -0.384. The average molecular weight is 361 g/mol. The van der Waals surface area contributed by atoms with Gasteiger partial charge in [0, 0.05) is 17.1 Å². The highest BCUT2D eigenvalue weighted by atomic mass is 79.9. The van der Waals surface area contributed by atoms with E-state index in [0.717, 1.165) is 15.7 Å². The first-order valence-electron chi connectivity index (χ1n) is 6.89. The normalized spacial score (nSPS) is 10.1. The van der Waals surface area contributed by atoms with Crippen LogP contribution in [-0.4, -0.2) is 11.5 Å². The number of halogens is 1. The molecule has 4 nitrogen and oxygen atoms in total. The smallest absolute Gasteiger partial charge is 0.292 e. The van der Waals surface area contributed by atoms with Crippen molar-refractivity contribution in [3.8, 4) is 0 Å². The molecule has 0 N–H and O–H groups in total. The molecule has 0 spiro atoms. The predicted molar refractivity (Wildman–Crippen MR) is 93.7 cm³/mol. The number of rotatable bonds is 5. The Morgan fingerprint density at radius 2 is 1.73 bits per heavy atom. The maximum atomic E-state index is 11.3. The van der Waals surface area contributed by atoms with Gasteiger partial charge < -0.3 is 4.90 Å². The van der Waals surface area contributed by atoms with Gasteiger partial charge in [-0.15, -0.1) is 0 Å². The molecule has 5 heteroatoms. The summed E-state index contributed by atoms with van der Waals surface area (Å²) < 4.78 is 0.898. The van der Waals surface area contributed by atoms with Crippen LogP contribution in [0.15, 0.2) is 64.7 Å². The molecule has 0 bridgehead atoms. The van der Waals surface area contributed by atoms with Crippen LogP contribution in [0.1, 0.15) is 13.8 Å². The third-order valence-electron chi connectivity index (χ3n) is 3.19. The number of nitrogens with zero attached hydrogens (tertiary/aromatic N) is 2. The molecule has 22 heavy (non-hydrogen) atoms. The summed E-state index contributed by atoms with van der Waals surface area (Å²) in [6.45, 7) is 4.59. The van der Waals surface area contributed by atoms with E-state index in [1.807, 2.05) is 49.1 Å². The van der Waals surface area contributed by atoms with Crippen molar-refractivity contribution in [1.29, 1.82) is 0 Å². The van der Waals surface area contributed by atoms with Gasteiger partial charge in [0.25, 0.3) is 5.69 Å². The summed E-state index contributed by atoms with van der Waals surface area (Å²) in [5, 5.41) is 11.3. The number of nitro benzene ring substituents is 1. The Balaban J connectivity index is 2.57. The number of anilines is 2. The van der Waals surface area contributed by atoms with Gasteiger partial charge in [0.2, 0.25) is 0 Å². The Kier molecular flexibility index (Phi) is 5.33. The van der Waals surface area contributed by atoms with Crippen LogP contribution < -0.4 is 4.90 Å². The van der Waals surface area contributed by atoms with Gasteiger partial charge in [-0.25, -0.2) is 0 Å². The fraction of sp³-hybridized carbons (Fsp3) is 0.176. The second kappa shape index (κ2) is 7.22. The van der Waals surface area contributed by atoms with Crippen LogP contribution in [-0.2, 0) is 0 Å². The van der Waals surface area contributed by atoms with Crippen LogP contribution in [0.25, 0.3) is 0 Å². The van der Waals surface area contributed by atoms with Gasteiger partial charge >= 0.3 is 0 Å². The number of para-hydroxylation sites is 3. The summed E-state index contributed by atoms with van der Waals surface area (Å²) in [6, 6.07) is 14.5. The van der Waals surface area contributed by atoms with Gasteiger partial charge in [-0.3, -0.25) is 10.1 Å². The van der Waals surface area contributed by atoms with Gasteiger partial charge in [-0.05, 0) is 48.0 Å². The molecule has 0 aliphatic carbocycles. The molecule has 0 atom stereocenters. The molecular formula is C17H17BrN2O2. The zero-order valence-corrected chi connectivity index (χ0v) is 14.1. The van der Waals surface area contributed by atoms with Crippen molar-refractivity contribution in [2.24, 2.45) is 0 Å². The molecule has 0 heterocycles. The van der Waals surface area contributed by atoms with E-state index in [4.69, 9.17) is 0 Å². The van der Waals surface area contributed by atoms with E-state index >= 15 is 0 Å². The third kappa shape index (κ3) is 3.74. The average Bonchev–Trinajstić information content (AvgIpc) is 2.49. The monoisotopic (exact) mass is 360 g/mol. The summed E-state index contributed by atoms with van der Waals surface area (Å²) in [5.41, 5.74) is 2.74. The Morgan fingerprint density at radius 3 is 2.32 bits per heavy atom. The van der Waals surface area contributed by atoms with Crippen molar-refractivity contribution in [1.82, 2.24) is 0 Å². The Bertz CT molecular complexity index is 709. The van der Waals surface area contributed by atoms with Crippen molar-refractivity contribution in [3.63, 3.8) is 0 Å². The molecule has 0 aliphatic rings. The first-order valence-corrected chi connectivity index (χ1v) is 7.69. The van der Waals surface area contributed by atoms with Crippen molar-refractivity contribution < 1.29 is 4.92 Å². The molecule has 0 saturated carbocycles. The van der Waals surface area contributed by atoms with Gasteiger partial charge in [0.15, 0.2) is 0 Å². The summed E-state index contributed by atoms with van der Waals surface area (Å²) in [4.78, 5) is 12.9. The summed E-state index contributed by atoms with van der Waals surface area (Å²) in [6.07, 6.45) is 2.05. The standard InChI is InChI=1S/C17H17BrN2O2/c1-13(2)11-12-19(15-8-4-3-7-14(15)18)16-9-5-6-10-17(16)20(21)22/h3-11H,12H2,1-2H3. The lowest BCUT2D eigenvalue weighted by Gasteiger charge is -2.24. The lowest BCUT2D eigenvalue weighted by Crippen LogP contribution is -2.18. The Morgan fingerprint density at radius 1 is 1.14 bits per heavy atom. The second-order valence-corrected chi connectivity index (χ2v) is 5.94. The maximum Gasteiger partial charge on any atom is 0.292 e. The fourth-order valence-corrected chi connectivity index (χ4v) is 2.62. The molecule has 2 aromatic carbocycles. The van der Waals surface area contributed by atoms with E-state index in [1.165, 1.54) is 6.07 Å². The van der Waals surface area contributed by atoms with Crippen LogP contribution in [0, 0.1) is 10.1 Å². The van der Waals surface area contributed by atoms with Crippen LogP contribution >= 0.6 is 15.9 Å². The predicted octanol–water partition coefficient (Wildman–Crippen LogP) is 5.46. The molecule has 2 rings (SSSR count). The van der Waals surface area contributed by atoms with E-state index in [1.54, 1.807) is 12.1 Å². The van der Waals surface area contributed by atoms with Crippen LogP contribution in [0.5, 0.6) is 0 Å². The highest BCUT2D eigenvalue weighted by molar-refractivity contribution is 9.10. The molecule has 114 valence electrons. The highest BCUT2D eigenvalue weighted by Crippen LogP contribution is 2.36. The Hall–Kier alpha value is -2.14. The molecule has 0 amide bonds. The SMILES string of the molecule is CC(C)=CCN(c1ccccc1Br)c1ccccc1[N+](=O)[O-]. The van der Waals surface area contributed by atoms with Crippen molar-refractivity contribution in [2.75, 3.05) is 11.4 Å². The number of hydrogen-bond donors (Lipinski definition) is 0. The van der Waals surface area contributed by atoms with Gasteiger partial charge in [-0.1, -0.05) is 35.9 Å². The van der Waals surface area contributed by atoms with E-state index in [9.17, 15) is 10.1 Å². The van der Waals surface area contributed by atoms with Crippen LogP contribution in [0.4, 0.5) is 17.1 Å². The molecule has 0 saturated heterocycles. The molecule has 0 aromatic heterocycles. The number of benzene rings is 2. The van der Waals surface area contributed by atoms with Gasteiger partial charge in [-0.2, -0.15) is 0 Å². The van der Waals surface area contributed by atoms with Crippen molar-refractivity contribution in [2.45, 2.75) is 13.8 Å². The fourth-order valence-electron chi connectivity index (χ4n) is 2.12. The minimum absolute atomic E-state index is 0.0976. The first kappa shape index (κ1) is 16.2. The Labute approximate surface area is 138 Å². The molecule has 0 unspecified atom stereocenters. The number of allylic oxidation sites excluding steroid dienone is 1. The largest absolute Gasteiger partial charge is 0.331 e. The summed E-state index contributed by atoms with van der Waals surface area (Å²) in [5.74, 6) is 0. The lowest BCUT2D eigenvalue weighted by atomic mass is 10.2. The van der Waals surface area contributed by atoms with Gasteiger partial charge in [0.1, 0.15) is 5.69 Å². The zero-order valence-electron chi connectivity index (χ0n) is 12.5. The first-order chi connectivity index (χ1) is 10.5. The zero-order chi connectivity index (χ0) is 16.1. The minimum atomic E-state index is -0.346. The van der Waals surface area contributed by atoms with Crippen LogP contribution in [0.3, 0.4) is 0 Å². The van der Waals surface area contributed by atoms with Gasteiger partial charge in [0.05, 0.1) is 10.6 Å². The van der Waals surface area contributed by atoms with Crippen molar-refractivity contribution >= 4 is 33.0 Å². The molecule has 2 aromatic rings. The number of hydrogen-bond acceptors (Lipinski definition) is 3. The second-order valence-electron chi connectivity index (χ2n) is 5.09. The van der Waals surface area contributed by atoms with Crippen molar-refractivity contribution in [3.05, 3.63) is 74.8 Å². The topological polar surface area (TPSA) is 46.4 Å². The van der Waals surface area contributed by atoms with E-state index in [0.29, 0.717) is 12.2 Å². The quantitative estimate of drug-likeness (QED) is 0.403. The highest BCUT2D eigenvalue weighted by Gasteiger charge is 2.20. The summed E-state index contributed by atoms with van der Waals surface area (Å²) >= 11 is 3.53. The summed E-state index contributed by atoms with van der Waals surface area (Å²) in [7, 11) is 0.